The molecule has 1 amide bonds. The highest BCUT2D eigenvalue weighted by molar-refractivity contribution is 7.85. The van der Waals surface area contributed by atoms with Gasteiger partial charge in [-0.2, -0.15) is 8.42 Å². The van der Waals surface area contributed by atoms with Crippen LogP contribution in [-0.2, 0) is 21.5 Å². The summed E-state index contributed by atoms with van der Waals surface area (Å²) in [6.45, 7) is -0.635. The Morgan fingerprint density at radius 3 is 2.44 bits per heavy atom. The lowest BCUT2D eigenvalue weighted by Crippen LogP contribution is -2.52. The Kier molecular flexibility index (Phi) is 8.78. The summed E-state index contributed by atoms with van der Waals surface area (Å²) < 4.78 is 72.6. The minimum absolute atomic E-state index is 0.00941. The summed E-state index contributed by atoms with van der Waals surface area (Å²) in [6, 6.07) is 7.07. The largest absolute Gasteiger partial charge is 0.445 e. The van der Waals surface area contributed by atoms with Gasteiger partial charge in [-0.1, -0.05) is 12.1 Å². The second-order valence-corrected chi connectivity index (χ2v) is 8.50. The zero-order chi connectivity index (χ0) is 23.8. The first-order chi connectivity index (χ1) is 14.9. The second kappa shape index (κ2) is 11.1. The van der Waals surface area contributed by atoms with Crippen LogP contribution in [0.5, 0.6) is 0 Å². The van der Waals surface area contributed by atoms with Crippen LogP contribution in [0.4, 0.5) is 23.9 Å². The molecule has 2 heterocycles. The molecular formula is C19H23F3N4O5S. The molecule has 1 atom stereocenters. The smallest absolute Gasteiger partial charge is 0.410 e. The molecule has 176 valence electrons. The molecular weight excluding hydrogens is 453 g/mol. The van der Waals surface area contributed by atoms with E-state index in [1.54, 1.807) is 6.07 Å². The molecule has 1 aliphatic heterocycles. The van der Waals surface area contributed by atoms with Gasteiger partial charge in [-0.25, -0.2) is 27.9 Å². The van der Waals surface area contributed by atoms with Crippen LogP contribution in [0.3, 0.4) is 0 Å². The van der Waals surface area contributed by atoms with Crippen LogP contribution in [0, 0.1) is 11.7 Å². The number of halogens is 3. The van der Waals surface area contributed by atoms with Crippen molar-refractivity contribution in [3.05, 3.63) is 54.1 Å². The van der Waals surface area contributed by atoms with Crippen LogP contribution in [0.1, 0.15) is 12.0 Å². The summed E-state index contributed by atoms with van der Waals surface area (Å²) >= 11 is 0. The fourth-order valence-electron chi connectivity index (χ4n) is 2.81. The van der Waals surface area contributed by atoms with Crippen LogP contribution in [0.15, 0.2) is 42.7 Å². The quantitative estimate of drug-likeness (QED) is 0.632. The number of carbonyl (C=O) groups excluding carboxylic acids is 1. The Bertz CT molecular complexity index is 970. The number of hydrogen-bond donors (Lipinski definition) is 2. The van der Waals surface area contributed by atoms with Crippen molar-refractivity contribution in [1.82, 2.24) is 14.9 Å². The van der Waals surface area contributed by atoms with Crippen molar-refractivity contribution in [3.8, 4) is 0 Å². The highest BCUT2D eigenvalue weighted by atomic mass is 32.2. The summed E-state index contributed by atoms with van der Waals surface area (Å²) in [7, 11) is -3.67. The van der Waals surface area contributed by atoms with Gasteiger partial charge in [-0.05, 0) is 30.2 Å². The topological polar surface area (TPSA) is 122 Å². The maximum Gasteiger partial charge on any atom is 0.410 e. The standard InChI is InChI=1S/C18H19F3N4O2.CH4O3S/c19-15-4-2-13(3-5-15)11-27-17(26)25-9-6-14(18(20,21)12-25)10-24-16-22-7-1-8-23-16;1-5(2,3)4/h1-5,7-8,14H,6,9-12H2,(H,22,23,24);1H3,(H,2,3,4)/t14-;/m1./s1. The molecule has 1 aromatic carbocycles. The lowest BCUT2D eigenvalue weighted by Gasteiger charge is -2.37. The van der Waals surface area contributed by atoms with Gasteiger partial charge in [0, 0.05) is 31.4 Å². The maximum atomic E-state index is 14.4. The number of rotatable bonds is 5. The third kappa shape index (κ3) is 9.06. The molecule has 32 heavy (non-hydrogen) atoms. The molecule has 1 fully saturated rings. The number of hydrogen-bond acceptors (Lipinski definition) is 7. The summed E-state index contributed by atoms with van der Waals surface area (Å²) in [5.41, 5.74) is 0.582. The Balaban J connectivity index is 0.000000654. The fraction of sp³-hybridized carbons (Fsp3) is 0.421. The van der Waals surface area contributed by atoms with Crippen molar-refractivity contribution < 1.29 is 35.7 Å². The minimum Gasteiger partial charge on any atom is -0.445 e. The molecule has 0 saturated carbocycles. The molecule has 0 aliphatic carbocycles. The van der Waals surface area contributed by atoms with E-state index in [0.29, 0.717) is 11.8 Å². The van der Waals surface area contributed by atoms with E-state index in [-0.39, 0.29) is 32.1 Å². The normalized spacial score (nSPS) is 17.7. The molecule has 3 rings (SSSR count). The number of aromatic nitrogens is 2. The first-order valence-electron chi connectivity index (χ1n) is 9.41. The molecule has 9 nitrogen and oxygen atoms in total. The molecule has 1 saturated heterocycles. The van der Waals surface area contributed by atoms with Gasteiger partial charge in [0.25, 0.3) is 16.0 Å². The van der Waals surface area contributed by atoms with Gasteiger partial charge in [0.2, 0.25) is 5.95 Å². The molecule has 2 aromatic rings. The number of likely N-dealkylation sites (tertiary alicyclic amines) is 1. The number of alkyl halides is 2. The number of anilines is 1. The van der Waals surface area contributed by atoms with E-state index in [9.17, 15) is 26.4 Å². The van der Waals surface area contributed by atoms with E-state index in [2.05, 4.69) is 15.3 Å². The number of ether oxygens (including phenoxy) is 1. The van der Waals surface area contributed by atoms with Crippen molar-refractivity contribution >= 4 is 22.2 Å². The third-order valence-electron chi connectivity index (χ3n) is 4.35. The molecule has 13 heteroatoms. The van der Waals surface area contributed by atoms with Gasteiger partial charge in [0.15, 0.2) is 0 Å². The highest BCUT2D eigenvalue weighted by Gasteiger charge is 2.46. The predicted molar refractivity (Wildman–Crippen MR) is 109 cm³/mol. The van der Waals surface area contributed by atoms with E-state index in [1.807, 2.05) is 0 Å². The van der Waals surface area contributed by atoms with Gasteiger partial charge < -0.3 is 15.0 Å². The van der Waals surface area contributed by atoms with E-state index < -0.39 is 40.4 Å². The van der Waals surface area contributed by atoms with Crippen LogP contribution >= 0.6 is 0 Å². The molecule has 0 radical (unpaired) electrons. The monoisotopic (exact) mass is 476 g/mol. The zero-order valence-corrected chi connectivity index (χ0v) is 17.9. The third-order valence-corrected chi connectivity index (χ3v) is 4.35. The summed E-state index contributed by atoms with van der Waals surface area (Å²) in [5.74, 6) is -4.12. The number of nitrogens with one attached hydrogen (secondary N) is 1. The summed E-state index contributed by atoms with van der Waals surface area (Å²) in [4.78, 5) is 20.9. The van der Waals surface area contributed by atoms with E-state index in [1.165, 1.54) is 36.7 Å². The predicted octanol–water partition coefficient (Wildman–Crippen LogP) is 2.83. The van der Waals surface area contributed by atoms with Gasteiger partial charge in [0.1, 0.15) is 12.4 Å². The maximum absolute atomic E-state index is 14.4. The van der Waals surface area contributed by atoms with Crippen molar-refractivity contribution in [3.63, 3.8) is 0 Å². The number of carbonyl (C=O) groups is 1. The van der Waals surface area contributed by atoms with E-state index >= 15 is 0 Å². The Labute approximate surface area is 183 Å². The Morgan fingerprint density at radius 1 is 1.28 bits per heavy atom. The van der Waals surface area contributed by atoms with Gasteiger partial charge in [0.05, 0.1) is 12.8 Å². The van der Waals surface area contributed by atoms with Crippen LogP contribution < -0.4 is 5.32 Å². The SMILES string of the molecule is CS(=O)(=O)O.O=C(OCc1ccc(F)cc1)N1CC[C@H](CNc2ncccn2)C(F)(F)C1. The van der Waals surface area contributed by atoms with Crippen molar-refractivity contribution in [2.45, 2.75) is 19.0 Å². The average molecular weight is 476 g/mol. The molecule has 0 unspecified atom stereocenters. The van der Waals surface area contributed by atoms with Gasteiger partial charge in [-0.15, -0.1) is 0 Å². The first-order valence-corrected chi connectivity index (χ1v) is 11.3. The lowest BCUT2D eigenvalue weighted by molar-refractivity contribution is -0.102. The number of amides is 1. The molecule has 1 aromatic heterocycles. The zero-order valence-electron chi connectivity index (χ0n) is 17.1. The first kappa shape index (κ1) is 25.3. The summed E-state index contributed by atoms with van der Waals surface area (Å²) in [5, 5.41) is 2.80. The van der Waals surface area contributed by atoms with E-state index in [4.69, 9.17) is 9.29 Å². The molecule has 1 aliphatic rings. The Hall–Kier alpha value is -2.93. The van der Waals surface area contributed by atoms with Crippen LogP contribution in [0.25, 0.3) is 0 Å². The minimum atomic E-state index is -3.67. The van der Waals surface area contributed by atoms with Crippen LogP contribution in [0.2, 0.25) is 0 Å². The summed E-state index contributed by atoms with van der Waals surface area (Å²) in [6.07, 6.45) is 3.07. The molecule has 2 N–H and O–H groups in total. The van der Waals surface area contributed by atoms with Gasteiger partial charge >= 0.3 is 6.09 Å². The van der Waals surface area contributed by atoms with E-state index in [0.717, 1.165) is 4.90 Å². The van der Waals surface area contributed by atoms with Crippen molar-refractivity contribution in [2.24, 2.45) is 5.92 Å². The molecule has 0 spiro atoms. The second-order valence-electron chi connectivity index (χ2n) is 7.04. The van der Waals surface area contributed by atoms with Crippen LogP contribution in [-0.4, -0.2) is 65.7 Å². The van der Waals surface area contributed by atoms with Gasteiger partial charge in [-0.3, -0.25) is 4.55 Å². The van der Waals surface area contributed by atoms with Crippen molar-refractivity contribution in [2.75, 3.05) is 31.2 Å². The van der Waals surface area contributed by atoms with Crippen molar-refractivity contribution in [1.29, 1.82) is 0 Å². The highest BCUT2D eigenvalue weighted by Crippen LogP contribution is 2.33. The number of piperidine rings is 1. The Morgan fingerprint density at radius 2 is 1.88 bits per heavy atom. The fourth-order valence-corrected chi connectivity index (χ4v) is 2.81. The average Bonchev–Trinajstić information content (AvgIpc) is 2.71. The number of benzene rings is 1. The lowest BCUT2D eigenvalue weighted by atomic mass is 9.93. The molecule has 0 bridgehead atoms. The number of nitrogens with zero attached hydrogens (tertiary/aromatic N) is 3.